The van der Waals surface area contributed by atoms with Gasteiger partial charge in [0.25, 0.3) is 0 Å². The SMILES string of the molecule is COc1cccc(OC)c1-n1c(CS(=O)(=O)[C@@H](C)Cc2ncc(F)cn2)nnc1-c1nc(C(C)C)cs1. The minimum Gasteiger partial charge on any atom is -0.494 e. The maximum Gasteiger partial charge on any atom is 0.197 e. The molecule has 0 amide bonds. The van der Waals surface area contributed by atoms with Gasteiger partial charge in [0.2, 0.25) is 0 Å². The monoisotopic (exact) mass is 546 g/mol. The molecule has 1 aromatic carbocycles. The topological polar surface area (TPSA) is 122 Å². The summed E-state index contributed by atoms with van der Waals surface area (Å²) in [5.41, 5.74) is 1.36. The number of rotatable bonds is 10. The first kappa shape index (κ1) is 26.6. The quantitative estimate of drug-likeness (QED) is 0.290. The minimum atomic E-state index is -3.76. The van der Waals surface area contributed by atoms with Crippen molar-refractivity contribution < 1.29 is 22.3 Å². The molecular formula is C24H27FN6O4S2. The van der Waals surface area contributed by atoms with Crippen molar-refractivity contribution in [3.8, 4) is 28.0 Å². The van der Waals surface area contributed by atoms with Gasteiger partial charge in [-0.05, 0) is 25.0 Å². The van der Waals surface area contributed by atoms with Gasteiger partial charge in [-0.25, -0.2) is 27.8 Å². The second-order valence-electron chi connectivity index (χ2n) is 8.66. The highest BCUT2D eigenvalue weighted by Crippen LogP contribution is 2.37. The number of hydrogen-bond acceptors (Lipinski definition) is 10. The Morgan fingerprint density at radius 2 is 1.70 bits per heavy atom. The van der Waals surface area contributed by atoms with Crippen LogP contribution in [0.2, 0.25) is 0 Å². The maximum absolute atomic E-state index is 13.4. The lowest BCUT2D eigenvalue weighted by Gasteiger charge is -2.17. The predicted octanol–water partition coefficient (Wildman–Crippen LogP) is 4.01. The Labute approximate surface area is 218 Å². The molecule has 0 radical (unpaired) electrons. The van der Waals surface area contributed by atoms with E-state index in [1.807, 2.05) is 19.2 Å². The van der Waals surface area contributed by atoms with Crippen molar-refractivity contribution in [3.63, 3.8) is 0 Å². The molecule has 4 aromatic rings. The fourth-order valence-corrected chi connectivity index (χ4v) is 5.83. The van der Waals surface area contributed by atoms with Crippen LogP contribution in [0.15, 0.2) is 36.0 Å². The van der Waals surface area contributed by atoms with Gasteiger partial charge in [0.05, 0.1) is 37.6 Å². The van der Waals surface area contributed by atoms with E-state index in [-0.39, 0.29) is 24.0 Å². The largest absolute Gasteiger partial charge is 0.494 e. The van der Waals surface area contributed by atoms with Gasteiger partial charge in [-0.2, -0.15) is 0 Å². The first-order valence-corrected chi connectivity index (χ1v) is 14.0. The zero-order chi connectivity index (χ0) is 26.7. The van der Waals surface area contributed by atoms with Crippen molar-refractivity contribution in [1.29, 1.82) is 0 Å². The van der Waals surface area contributed by atoms with Crippen LogP contribution >= 0.6 is 11.3 Å². The van der Waals surface area contributed by atoms with Gasteiger partial charge in [-0.3, -0.25) is 4.57 Å². The van der Waals surface area contributed by atoms with E-state index in [2.05, 4.69) is 20.2 Å². The van der Waals surface area contributed by atoms with E-state index < -0.39 is 26.7 Å². The molecule has 3 aromatic heterocycles. The molecule has 0 fully saturated rings. The molecule has 0 spiro atoms. The fourth-order valence-electron chi connectivity index (χ4n) is 3.64. The number of hydrogen-bond donors (Lipinski definition) is 0. The number of benzene rings is 1. The molecule has 37 heavy (non-hydrogen) atoms. The Morgan fingerprint density at radius 1 is 1.05 bits per heavy atom. The molecule has 10 nitrogen and oxygen atoms in total. The Kier molecular flexibility index (Phi) is 7.83. The van der Waals surface area contributed by atoms with Crippen LogP contribution in [0.3, 0.4) is 0 Å². The van der Waals surface area contributed by atoms with Gasteiger partial charge in [-0.1, -0.05) is 19.9 Å². The summed E-state index contributed by atoms with van der Waals surface area (Å²) < 4.78 is 52.8. The van der Waals surface area contributed by atoms with Crippen molar-refractivity contribution in [3.05, 3.63) is 59.1 Å². The van der Waals surface area contributed by atoms with E-state index >= 15 is 0 Å². The standard InChI is InChI=1S/C24H27FN6O4S2/c1-14(2)17-12-36-24(28-17)23-30-29-21(31(23)22-18(34-4)7-6-8-19(22)35-5)13-37(32,33)15(3)9-20-26-10-16(25)11-27-20/h6-8,10-12,14-15H,9,13H2,1-5H3/t15-/m0/s1. The van der Waals surface area contributed by atoms with E-state index in [4.69, 9.17) is 14.5 Å². The van der Waals surface area contributed by atoms with Crippen LogP contribution < -0.4 is 9.47 Å². The van der Waals surface area contributed by atoms with Crippen molar-refractivity contribution in [2.24, 2.45) is 0 Å². The minimum absolute atomic E-state index is 0.0197. The van der Waals surface area contributed by atoms with E-state index in [9.17, 15) is 12.8 Å². The number of nitrogens with zero attached hydrogens (tertiary/aromatic N) is 6. The highest BCUT2D eigenvalue weighted by Gasteiger charge is 2.30. The fraction of sp³-hybridized carbons (Fsp3) is 0.375. The highest BCUT2D eigenvalue weighted by molar-refractivity contribution is 7.91. The summed E-state index contributed by atoms with van der Waals surface area (Å²) in [6.07, 6.45) is 2.04. The van der Waals surface area contributed by atoms with Gasteiger partial charge >= 0.3 is 0 Å². The zero-order valence-electron chi connectivity index (χ0n) is 21.0. The smallest absolute Gasteiger partial charge is 0.197 e. The molecular weight excluding hydrogens is 519 g/mol. The summed E-state index contributed by atoms with van der Waals surface area (Å²) in [4.78, 5) is 12.5. The lowest BCUT2D eigenvalue weighted by molar-refractivity contribution is 0.391. The maximum atomic E-state index is 13.4. The Bertz CT molecular complexity index is 1460. The molecule has 13 heteroatoms. The van der Waals surface area contributed by atoms with Crippen LogP contribution in [0.4, 0.5) is 4.39 Å². The third-order valence-electron chi connectivity index (χ3n) is 5.75. The number of methoxy groups -OCH3 is 2. The third kappa shape index (κ3) is 5.62. The van der Waals surface area contributed by atoms with E-state index in [0.29, 0.717) is 28.0 Å². The molecule has 0 aliphatic heterocycles. The van der Waals surface area contributed by atoms with E-state index in [0.717, 1.165) is 18.1 Å². The highest BCUT2D eigenvalue weighted by atomic mass is 32.2. The number of halogens is 1. The first-order chi connectivity index (χ1) is 17.6. The van der Waals surface area contributed by atoms with Crippen LogP contribution in [-0.2, 0) is 22.0 Å². The molecule has 0 N–H and O–H groups in total. The van der Waals surface area contributed by atoms with Crippen LogP contribution in [-0.4, -0.2) is 57.6 Å². The first-order valence-electron chi connectivity index (χ1n) is 11.4. The Hall–Kier alpha value is -3.45. The molecule has 196 valence electrons. The lowest BCUT2D eigenvalue weighted by atomic mass is 10.2. The molecule has 1 atom stereocenters. The molecule has 0 bridgehead atoms. The second-order valence-corrected chi connectivity index (χ2v) is 11.9. The molecule has 4 rings (SSSR count). The third-order valence-corrected chi connectivity index (χ3v) is 8.66. The average molecular weight is 547 g/mol. The molecule has 0 aliphatic rings. The number of thiazole rings is 1. The summed E-state index contributed by atoms with van der Waals surface area (Å²) in [5, 5.41) is 10.3. The van der Waals surface area contributed by atoms with Crippen molar-refractivity contribution >= 4 is 21.2 Å². The Balaban J connectivity index is 1.80. The molecule has 0 unspecified atom stereocenters. The number of aromatic nitrogens is 6. The summed E-state index contributed by atoms with van der Waals surface area (Å²) >= 11 is 1.39. The van der Waals surface area contributed by atoms with Crippen molar-refractivity contribution in [2.75, 3.05) is 14.2 Å². The molecule has 3 heterocycles. The van der Waals surface area contributed by atoms with Gasteiger partial charge in [0.15, 0.2) is 32.3 Å². The van der Waals surface area contributed by atoms with Crippen LogP contribution in [0, 0.1) is 5.82 Å². The molecule has 0 saturated heterocycles. The molecule has 0 saturated carbocycles. The zero-order valence-corrected chi connectivity index (χ0v) is 22.7. The second kappa shape index (κ2) is 10.9. The van der Waals surface area contributed by atoms with Crippen LogP contribution in [0.5, 0.6) is 11.5 Å². The molecule has 0 aliphatic carbocycles. The normalized spacial score (nSPS) is 12.6. The van der Waals surface area contributed by atoms with Gasteiger partial charge in [0, 0.05) is 11.8 Å². The van der Waals surface area contributed by atoms with E-state index in [1.165, 1.54) is 25.6 Å². The van der Waals surface area contributed by atoms with Gasteiger partial charge in [0.1, 0.15) is 28.8 Å². The Morgan fingerprint density at radius 3 is 2.27 bits per heavy atom. The van der Waals surface area contributed by atoms with Crippen molar-refractivity contribution in [1.82, 2.24) is 29.7 Å². The van der Waals surface area contributed by atoms with Gasteiger partial charge in [-0.15, -0.1) is 21.5 Å². The van der Waals surface area contributed by atoms with Crippen LogP contribution in [0.1, 0.15) is 44.0 Å². The summed E-state index contributed by atoms with van der Waals surface area (Å²) in [7, 11) is -0.729. The van der Waals surface area contributed by atoms with Gasteiger partial charge < -0.3 is 9.47 Å². The van der Waals surface area contributed by atoms with Crippen LogP contribution in [0.25, 0.3) is 16.5 Å². The summed E-state index contributed by atoms with van der Waals surface area (Å²) in [6.45, 7) is 5.64. The number of sulfone groups is 1. The van der Waals surface area contributed by atoms with E-state index in [1.54, 1.807) is 29.7 Å². The average Bonchev–Trinajstić information content (AvgIpc) is 3.52. The predicted molar refractivity (Wildman–Crippen MR) is 137 cm³/mol. The number of ether oxygens (including phenoxy) is 2. The summed E-state index contributed by atoms with van der Waals surface area (Å²) in [5.74, 6) is 0.872. The lowest BCUT2D eigenvalue weighted by Crippen LogP contribution is -2.24. The van der Waals surface area contributed by atoms with Crippen molar-refractivity contribution in [2.45, 2.75) is 44.1 Å². The number of para-hydroxylation sites is 1. The summed E-state index contributed by atoms with van der Waals surface area (Å²) in [6, 6.07) is 5.26.